The van der Waals surface area contributed by atoms with E-state index in [0.29, 0.717) is 6.54 Å². The number of nitrogens with one attached hydrogen (secondary N) is 1. The second-order valence-electron chi connectivity index (χ2n) is 5.23. The van der Waals surface area contributed by atoms with Crippen LogP contribution in [0.1, 0.15) is 6.42 Å². The number of likely N-dealkylation sites (N-methyl/N-ethyl adjacent to an activating group) is 1. The molecule has 0 radical (unpaired) electrons. The number of carbonyl (C=O) groups excluding carboxylic acids is 1. The lowest BCUT2D eigenvalue weighted by molar-refractivity contribution is -0.121. The van der Waals surface area contributed by atoms with E-state index in [1.165, 1.54) is 12.1 Å². The molecule has 1 fully saturated rings. The molecule has 0 saturated carbocycles. The molecule has 3 rings (SSSR count). The molecular formula is C14H20Cl2FN3O. The number of hydrogen-bond donors (Lipinski definition) is 1. The molecule has 1 amide bonds. The molecule has 1 N–H and O–H groups in total. The van der Waals surface area contributed by atoms with Gasteiger partial charge < -0.3 is 15.1 Å². The fraction of sp³-hybridized carbons (Fsp3) is 0.500. The van der Waals surface area contributed by atoms with Gasteiger partial charge in [-0.1, -0.05) is 0 Å². The van der Waals surface area contributed by atoms with E-state index in [0.717, 1.165) is 37.4 Å². The Bertz CT molecular complexity index is 509. The lowest BCUT2D eigenvalue weighted by Gasteiger charge is -2.36. The van der Waals surface area contributed by atoms with Gasteiger partial charge in [-0.2, -0.15) is 0 Å². The van der Waals surface area contributed by atoms with Crippen LogP contribution in [0.15, 0.2) is 18.2 Å². The monoisotopic (exact) mass is 335 g/mol. The maximum Gasteiger partial charge on any atom is 0.231 e. The SMILES string of the molecule is CN1CCN(C(=O)C2CCNC2)c2ccc(F)cc21.Cl.Cl. The molecule has 1 unspecified atom stereocenters. The molecule has 0 aromatic heterocycles. The first-order chi connectivity index (χ1) is 9.16. The lowest BCUT2D eigenvalue weighted by Crippen LogP contribution is -2.45. The Morgan fingerprint density at radius 1 is 1.29 bits per heavy atom. The van der Waals surface area contributed by atoms with Gasteiger partial charge in [0, 0.05) is 26.7 Å². The number of amides is 1. The number of halogens is 3. The molecule has 1 atom stereocenters. The molecule has 2 aliphatic rings. The van der Waals surface area contributed by atoms with Crippen molar-refractivity contribution in [1.82, 2.24) is 5.32 Å². The van der Waals surface area contributed by atoms with E-state index < -0.39 is 0 Å². The van der Waals surface area contributed by atoms with Crippen molar-refractivity contribution in [3.63, 3.8) is 0 Å². The van der Waals surface area contributed by atoms with Crippen molar-refractivity contribution < 1.29 is 9.18 Å². The molecular weight excluding hydrogens is 316 g/mol. The highest BCUT2D eigenvalue weighted by molar-refractivity contribution is 5.99. The Hall–Kier alpha value is -1.04. The third-order valence-electron chi connectivity index (χ3n) is 3.97. The Morgan fingerprint density at radius 3 is 2.71 bits per heavy atom. The van der Waals surface area contributed by atoms with Crippen LogP contribution in [0.5, 0.6) is 0 Å². The second-order valence-corrected chi connectivity index (χ2v) is 5.23. The summed E-state index contributed by atoms with van der Waals surface area (Å²) in [5.74, 6) is -0.0466. The Morgan fingerprint density at radius 2 is 2.05 bits per heavy atom. The minimum atomic E-state index is -0.262. The van der Waals surface area contributed by atoms with Gasteiger partial charge >= 0.3 is 0 Å². The minimum Gasteiger partial charge on any atom is -0.371 e. The topological polar surface area (TPSA) is 35.6 Å². The average molecular weight is 336 g/mol. The molecule has 0 spiro atoms. The zero-order valence-corrected chi connectivity index (χ0v) is 13.5. The zero-order chi connectivity index (χ0) is 13.4. The summed E-state index contributed by atoms with van der Waals surface area (Å²) in [4.78, 5) is 16.3. The molecule has 4 nitrogen and oxygen atoms in total. The molecule has 0 aliphatic carbocycles. The Labute approximate surface area is 136 Å². The summed E-state index contributed by atoms with van der Waals surface area (Å²) < 4.78 is 13.4. The van der Waals surface area contributed by atoms with Crippen LogP contribution >= 0.6 is 24.8 Å². The molecule has 21 heavy (non-hydrogen) atoms. The summed E-state index contributed by atoms with van der Waals surface area (Å²) in [5.41, 5.74) is 1.62. The molecule has 118 valence electrons. The largest absolute Gasteiger partial charge is 0.371 e. The molecule has 1 aromatic rings. The highest BCUT2D eigenvalue weighted by Crippen LogP contribution is 2.34. The number of benzene rings is 1. The maximum absolute atomic E-state index is 13.4. The number of carbonyl (C=O) groups is 1. The van der Waals surface area contributed by atoms with Crippen LogP contribution in [0.2, 0.25) is 0 Å². The summed E-state index contributed by atoms with van der Waals surface area (Å²) >= 11 is 0. The van der Waals surface area contributed by atoms with Crippen molar-refractivity contribution in [1.29, 1.82) is 0 Å². The number of nitrogens with zero attached hydrogens (tertiary/aromatic N) is 2. The van der Waals surface area contributed by atoms with E-state index in [1.54, 1.807) is 6.07 Å². The van der Waals surface area contributed by atoms with Gasteiger partial charge in [0.25, 0.3) is 0 Å². The van der Waals surface area contributed by atoms with Crippen molar-refractivity contribution in [2.75, 3.05) is 43.0 Å². The van der Waals surface area contributed by atoms with E-state index in [4.69, 9.17) is 0 Å². The first-order valence-electron chi connectivity index (χ1n) is 6.69. The molecule has 1 saturated heterocycles. The first kappa shape index (κ1) is 18.0. The summed E-state index contributed by atoms with van der Waals surface area (Å²) in [6.07, 6.45) is 0.891. The zero-order valence-electron chi connectivity index (χ0n) is 11.8. The van der Waals surface area contributed by atoms with Crippen LogP contribution < -0.4 is 15.1 Å². The van der Waals surface area contributed by atoms with Gasteiger partial charge in [0.15, 0.2) is 0 Å². The summed E-state index contributed by atoms with van der Waals surface area (Å²) in [6, 6.07) is 4.63. The van der Waals surface area contributed by atoms with E-state index >= 15 is 0 Å². The quantitative estimate of drug-likeness (QED) is 0.853. The van der Waals surface area contributed by atoms with Gasteiger partial charge in [0.05, 0.1) is 17.3 Å². The lowest BCUT2D eigenvalue weighted by atomic mass is 10.1. The standard InChI is InChI=1S/C14H18FN3O.2ClH/c1-17-6-7-18(14(19)10-4-5-16-9-10)12-3-2-11(15)8-13(12)17;;/h2-3,8,10,16H,4-7,9H2,1H3;2*1H. The first-order valence-corrected chi connectivity index (χ1v) is 6.69. The van der Waals surface area contributed by atoms with Gasteiger partial charge in [-0.05, 0) is 31.2 Å². The van der Waals surface area contributed by atoms with E-state index in [9.17, 15) is 9.18 Å². The molecule has 2 heterocycles. The van der Waals surface area contributed by atoms with Crippen LogP contribution in [-0.2, 0) is 4.79 Å². The molecule has 7 heteroatoms. The fourth-order valence-corrected chi connectivity index (χ4v) is 2.84. The smallest absolute Gasteiger partial charge is 0.231 e. The van der Waals surface area contributed by atoms with Crippen molar-refractivity contribution in [3.05, 3.63) is 24.0 Å². The van der Waals surface area contributed by atoms with Crippen molar-refractivity contribution in [2.45, 2.75) is 6.42 Å². The van der Waals surface area contributed by atoms with Crippen LogP contribution in [0.25, 0.3) is 0 Å². The highest BCUT2D eigenvalue weighted by Gasteiger charge is 2.31. The van der Waals surface area contributed by atoms with Crippen LogP contribution in [0, 0.1) is 11.7 Å². The van der Waals surface area contributed by atoms with Crippen molar-refractivity contribution >= 4 is 42.1 Å². The third kappa shape index (κ3) is 3.42. The predicted molar refractivity (Wildman–Crippen MR) is 87.5 cm³/mol. The molecule has 2 aliphatic heterocycles. The normalized spacial score (nSPS) is 20.4. The second kappa shape index (κ2) is 7.29. The van der Waals surface area contributed by atoms with Gasteiger partial charge in [0.1, 0.15) is 5.82 Å². The van der Waals surface area contributed by atoms with Crippen molar-refractivity contribution in [3.8, 4) is 0 Å². The van der Waals surface area contributed by atoms with E-state index in [1.807, 2.05) is 16.8 Å². The number of anilines is 2. The van der Waals surface area contributed by atoms with Crippen molar-refractivity contribution in [2.24, 2.45) is 5.92 Å². The Kier molecular flexibility index (Phi) is 6.25. The van der Waals surface area contributed by atoms with E-state index in [2.05, 4.69) is 5.32 Å². The highest BCUT2D eigenvalue weighted by atomic mass is 35.5. The maximum atomic E-state index is 13.4. The summed E-state index contributed by atoms with van der Waals surface area (Å²) in [6.45, 7) is 3.06. The minimum absolute atomic E-state index is 0. The van der Waals surface area contributed by atoms with Gasteiger partial charge in [-0.15, -0.1) is 24.8 Å². The molecule has 1 aromatic carbocycles. The van der Waals surface area contributed by atoms with Crippen LogP contribution in [-0.4, -0.2) is 39.1 Å². The summed E-state index contributed by atoms with van der Waals surface area (Å²) in [5, 5.41) is 3.22. The average Bonchev–Trinajstić information content (AvgIpc) is 2.93. The Balaban J connectivity index is 0.00000110. The van der Waals surface area contributed by atoms with E-state index in [-0.39, 0.29) is 42.5 Å². The van der Waals surface area contributed by atoms with Gasteiger partial charge in [0.2, 0.25) is 5.91 Å². The van der Waals surface area contributed by atoms with Crippen LogP contribution in [0.3, 0.4) is 0 Å². The number of hydrogen-bond acceptors (Lipinski definition) is 3. The van der Waals surface area contributed by atoms with Gasteiger partial charge in [-0.3, -0.25) is 4.79 Å². The van der Waals surface area contributed by atoms with Crippen LogP contribution in [0.4, 0.5) is 15.8 Å². The number of fused-ring (bicyclic) bond motifs is 1. The number of rotatable bonds is 1. The summed E-state index contributed by atoms with van der Waals surface area (Å²) in [7, 11) is 1.93. The molecule has 0 bridgehead atoms. The third-order valence-corrected chi connectivity index (χ3v) is 3.97. The van der Waals surface area contributed by atoms with Gasteiger partial charge in [-0.25, -0.2) is 4.39 Å². The fourth-order valence-electron chi connectivity index (χ4n) is 2.84. The predicted octanol–water partition coefficient (Wildman–Crippen LogP) is 2.06.